The lowest BCUT2D eigenvalue weighted by molar-refractivity contribution is 0.0834. The van der Waals surface area contributed by atoms with Crippen LogP contribution in [-0.4, -0.2) is 85.7 Å². The molecule has 11 heteroatoms. The molecule has 0 bridgehead atoms. The number of rotatable bonds is 6. The molecule has 3 saturated heterocycles. The van der Waals surface area contributed by atoms with Crippen molar-refractivity contribution in [1.29, 1.82) is 0 Å². The van der Waals surface area contributed by atoms with Gasteiger partial charge in [-0.15, -0.1) is 0 Å². The molecule has 6 rings (SSSR count). The maximum Gasteiger partial charge on any atom is 0.323 e. The largest absolute Gasteiger partial charge is 0.381 e. The Balaban J connectivity index is 1.13. The number of piperazine rings is 1. The number of nitrogens with one attached hydrogen (secondary N) is 3. The van der Waals surface area contributed by atoms with Crippen LogP contribution in [0, 0.1) is 0 Å². The Labute approximate surface area is 247 Å². The Morgan fingerprint density at radius 1 is 0.881 bits per heavy atom. The number of nitrogens with zero attached hydrogens (tertiary/aromatic N) is 5. The van der Waals surface area contributed by atoms with E-state index in [2.05, 4.69) is 51.7 Å². The third-order valence-electron chi connectivity index (χ3n) is 8.11. The maximum absolute atomic E-state index is 12.7. The Kier molecular flexibility index (Phi) is 8.78. The van der Waals surface area contributed by atoms with Crippen LogP contribution in [-0.2, 0) is 9.47 Å². The van der Waals surface area contributed by atoms with Crippen LogP contribution in [0.4, 0.5) is 27.8 Å². The van der Waals surface area contributed by atoms with Crippen LogP contribution in [0.1, 0.15) is 38.4 Å². The first-order valence-electron chi connectivity index (χ1n) is 15.0. The van der Waals surface area contributed by atoms with E-state index in [1.54, 1.807) is 0 Å². The summed E-state index contributed by atoms with van der Waals surface area (Å²) in [5.74, 6) is 2.39. The minimum Gasteiger partial charge on any atom is -0.381 e. The van der Waals surface area contributed by atoms with E-state index in [9.17, 15) is 4.79 Å². The number of anilines is 4. The van der Waals surface area contributed by atoms with Crippen molar-refractivity contribution in [2.75, 3.05) is 73.0 Å². The summed E-state index contributed by atoms with van der Waals surface area (Å²) in [6.45, 7) is 10.7. The van der Waals surface area contributed by atoms with Gasteiger partial charge in [-0.25, -0.2) is 9.78 Å². The third kappa shape index (κ3) is 6.80. The smallest absolute Gasteiger partial charge is 0.323 e. The molecule has 222 valence electrons. The molecule has 3 aliphatic rings. The van der Waals surface area contributed by atoms with Crippen molar-refractivity contribution in [2.24, 2.45) is 0 Å². The number of urea groups is 1. The second-order valence-corrected chi connectivity index (χ2v) is 11.3. The van der Waals surface area contributed by atoms with Crippen molar-refractivity contribution in [1.82, 2.24) is 20.3 Å². The van der Waals surface area contributed by atoms with Crippen LogP contribution in [0.25, 0.3) is 11.4 Å². The lowest BCUT2D eigenvalue weighted by Gasteiger charge is -2.34. The van der Waals surface area contributed by atoms with E-state index in [0.29, 0.717) is 36.7 Å². The number of carbonyl (C=O) groups is 1. The highest BCUT2D eigenvalue weighted by molar-refractivity contribution is 5.99. The van der Waals surface area contributed by atoms with Crippen molar-refractivity contribution in [3.8, 4) is 11.4 Å². The number of hydrogen-bond acceptors (Lipinski definition) is 9. The number of aromatic nitrogens is 3. The van der Waals surface area contributed by atoms with E-state index in [-0.39, 0.29) is 18.0 Å². The quantitative estimate of drug-likeness (QED) is 0.401. The van der Waals surface area contributed by atoms with Gasteiger partial charge in [0.2, 0.25) is 5.95 Å². The topological polar surface area (TPSA) is 117 Å². The van der Waals surface area contributed by atoms with Crippen LogP contribution in [0.2, 0.25) is 0 Å². The fourth-order valence-electron chi connectivity index (χ4n) is 5.72. The van der Waals surface area contributed by atoms with Crippen LogP contribution >= 0.6 is 0 Å². The minimum absolute atomic E-state index is 0.184. The molecule has 3 fully saturated rings. The highest BCUT2D eigenvalue weighted by Gasteiger charge is 2.26. The first-order valence-corrected chi connectivity index (χ1v) is 15.0. The molecule has 0 aliphatic carbocycles. The summed E-state index contributed by atoms with van der Waals surface area (Å²) in [5.41, 5.74) is 3.46. The van der Waals surface area contributed by atoms with Gasteiger partial charge in [-0.1, -0.05) is 0 Å². The lowest BCUT2D eigenvalue weighted by atomic mass is 9.99. The molecular formula is C31H40N8O3. The summed E-state index contributed by atoms with van der Waals surface area (Å²) >= 11 is 0. The van der Waals surface area contributed by atoms with Crippen molar-refractivity contribution in [3.05, 3.63) is 54.4 Å². The van der Waals surface area contributed by atoms with Gasteiger partial charge in [-0.05, 0) is 75.2 Å². The summed E-state index contributed by atoms with van der Waals surface area (Å²) < 4.78 is 11.2. The fraction of sp³-hybridized carbons (Fsp3) is 0.484. The molecule has 0 spiro atoms. The van der Waals surface area contributed by atoms with Crippen molar-refractivity contribution >= 4 is 29.0 Å². The highest BCUT2D eigenvalue weighted by Crippen LogP contribution is 2.29. The van der Waals surface area contributed by atoms with E-state index in [4.69, 9.17) is 24.4 Å². The first kappa shape index (κ1) is 28.3. The predicted octanol–water partition coefficient (Wildman–Crippen LogP) is 4.10. The van der Waals surface area contributed by atoms with E-state index >= 15 is 0 Å². The number of hydrogen-bond donors (Lipinski definition) is 3. The Morgan fingerprint density at radius 2 is 1.60 bits per heavy atom. The van der Waals surface area contributed by atoms with Gasteiger partial charge < -0.3 is 35.2 Å². The number of carbonyl (C=O) groups excluding carboxylic acids is 1. The van der Waals surface area contributed by atoms with Gasteiger partial charge in [0.25, 0.3) is 0 Å². The minimum atomic E-state index is -0.295. The molecule has 1 aromatic heterocycles. The summed E-state index contributed by atoms with van der Waals surface area (Å²) in [6.07, 6.45) is 1.80. The van der Waals surface area contributed by atoms with Gasteiger partial charge in [0.1, 0.15) is 5.82 Å². The summed E-state index contributed by atoms with van der Waals surface area (Å²) in [6, 6.07) is 16.0. The van der Waals surface area contributed by atoms with Gasteiger partial charge in [0.15, 0.2) is 5.82 Å². The number of ether oxygens (including phenoxy) is 2. The molecule has 2 aromatic carbocycles. The van der Waals surface area contributed by atoms with E-state index in [1.165, 1.54) is 0 Å². The zero-order valence-electron chi connectivity index (χ0n) is 24.4. The number of benzene rings is 2. The van der Waals surface area contributed by atoms with Gasteiger partial charge in [0.05, 0.1) is 19.3 Å². The van der Waals surface area contributed by atoms with Crippen LogP contribution in [0.3, 0.4) is 0 Å². The molecule has 0 unspecified atom stereocenters. The van der Waals surface area contributed by atoms with Crippen molar-refractivity contribution in [2.45, 2.75) is 44.7 Å². The normalized spacial score (nSPS) is 21.7. The maximum atomic E-state index is 12.7. The highest BCUT2D eigenvalue weighted by atomic mass is 16.5. The van der Waals surface area contributed by atoms with E-state index in [1.807, 2.05) is 36.4 Å². The number of morpholine rings is 1. The average molecular weight is 573 g/mol. The molecule has 4 heterocycles. The SMILES string of the molecule is C[C@@H]1COCCN1c1nc(-c2ccc(NC(=O)Nc3ccc(N4CCN[C@@H](C)C4)cc3)cc2)nc(C2CCOCC2)n1. The molecule has 11 nitrogen and oxygen atoms in total. The average Bonchev–Trinajstić information content (AvgIpc) is 3.02. The Morgan fingerprint density at radius 3 is 2.29 bits per heavy atom. The van der Waals surface area contributed by atoms with Crippen LogP contribution in [0.5, 0.6) is 0 Å². The standard InChI is InChI=1S/C31H40N8O3/c1-21-19-38(14-13-32-21)27-9-7-26(8-10-27)34-31(40)33-25-5-3-23(4-6-25)28-35-29(24-11-16-41-17-12-24)37-30(36-28)39-15-18-42-20-22(39)2/h3-10,21-22,24,32H,11-20H2,1-2H3,(H2,33,34,40)/t21-,22+/m0/s1. The Bertz CT molecular complexity index is 1350. The molecule has 3 aromatic rings. The summed E-state index contributed by atoms with van der Waals surface area (Å²) in [7, 11) is 0. The molecule has 3 aliphatic heterocycles. The van der Waals surface area contributed by atoms with Gasteiger partial charge in [-0.2, -0.15) is 9.97 Å². The zero-order chi connectivity index (χ0) is 28.9. The van der Waals surface area contributed by atoms with Gasteiger partial charge in [-0.3, -0.25) is 0 Å². The van der Waals surface area contributed by atoms with Gasteiger partial charge >= 0.3 is 6.03 Å². The molecule has 3 N–H and O–H groups in total. The van der Waals surface area contributed by atoms with Crippen LogP contribution < -0.4 is 25.8 Å². The molecule has 2 amide bonds. The van der Waals surface area contributed by atoms with Gasteiger partial charge in [0, 0.05) is 74.0 Å². The molecule has 0 radical (unpaired) electrons. The summed E-state index contributed by atoms with van der Waals surface area (Å²) in [5, 5.41) is 9.32. The predicted molar refractivity (Wildman–Crippen MR) is 164 cm³/mol. The van der Waals surface area contributed by atoms with Crippen LogP contribution in [0.15, 0.2) is 48.5 Å². The zero-order valence-corrected chi connectivity index (χ0v) is 24.4. The first-order chi connectivity index (χ1) is 20.5. The number of amides is 2. The second-order valence-electron chi connectivity index (χ2n) is 11.3. The Hall–Kier alpha value is -3.80. The molecule has 42 heavy (non-hydrogen) atoms. The third-order valence-corrected chi connectivity index (χ3v) is 8.11. The molecule has 0 saturated carbocycles. The van der Waals surface area contributed by atoms with Crippen molar-refractivity contribution < 1.29 is 14.3 Å². The lowest BCUT2D eigenvalue weighted by Crippen LogP contribution is -2.49. The fourth-order valence-corrected chi connectivity index (χ4v) is 5.72. The molecule has 2 atom stereocenters. The summed E-state index contributed by atoms with van der Waals surface area (Å²) in [4.78, 5) is 32.0. The van der Waals surface area contributed by atoms with E-state index < -0.39 is 0 Å². The monoisotopic (exact) mass is 572 g/mol. The van der Waals surface area contributed by atoms with Crippen molar-refractivity contribution in [3.63, 3.8) is 0 Å². The van der Waals surface area contributed by atoms with E-state index in [0.717, 1.165) is 75.0 Å². The second kappa shape index (κ2) is 13.0. The molecular weight excluding hydrogens is 532 g/mol.